The van der Waals surface area contributed by atoms with Crippen LogP contribution in [0.15, 0.2) is 30.3 Å². The number of aryl methyl sites for hydroxylation is 1. The highest BCUT2D eigenvalue weighted by Crippen LogP contribution is 2.43. The van der Waals surface area contributed by atoms with Gasteiger partial charge in [0.1, 0.15) is 12.4 Å². The largest absolute Gasteiger partial charge is 0.497 e. The summed E-state index contributed by atoms with van der Waals surface area (Å²) in [4.78, 5) is 14.8. The number of hydrogen-bond donors (Lipinski definition) is 1. The Balaban J connectivity index is 1.16. The van der Waals surface area contributed by atoms with Crippen LogP contribution in [0.1, 0.15) is 61.7 Å². The molecule has 1 aromatic carbocycles. The van der Waals surface area contributed by atoms with Gasteiger partial charge in [-0.1, -0.05) is 12.8 Å². The Morgan fingerprint density at radius 1 is 1.19 bits per heavy atom. The van der Waals surface area contributed by atoms with Crippen LogP contribution >= 0.6 is 0 Å². The smallest absolute Gasteiger partial charge is 0.411 e. The maximum absolute atomic E-state index is 12.3. The lowest BCUT2D eigenvalue weighted by atomic mass is 9.74. The summed E-state index contributed by atoms with van der Waals surface area (Å²) >= 11 is 0. The van der Waals surface area contributed by atoms with E-state index in [0.29, 0.717) is 36.1 Å². The van der Waals surface area contributed by atoms with Crippen molar-refractivity contribution in [3.05, 3.63) is 41.7 Å². The van der Waals surface area contributed by atoms with Crippen molar-refractivity contribution in [1.82, 2.24) is 14.7 Å². The number of nitrogens with one attached hydrogen (secondary N) is 1. The molecule has 1 N–H and O–H groups in total. The van der Waals surface area contributed by atoms with Crippen LogP contribution in [0.4, 0.5) is 10.5 Å². The van der Waals surface area contributed by atoms with Crippen molar-refractivity contribution < 1.29 is 14.3 Å². The third kappa shape index (κ3) is 4.35. The highest BCUT2D eigenvalue weighted by atomic mass is 16.5. The van der Waals surface area contributed by atoms with Crippen LogP contribution in [0.5, 0.6) is 5.75 Å². The molecule has 4 aliphatic rings. The molecule has 7 heteroatoms. The van der Waals surface area contributed by atoms with Crippen LogP contribution in [-0.2, 0) is 11.8 Å². The zero-order valence-corrected chi connectivity index (χ0v) is 19.1. The first-order valence-corrected chi connectivity index (χ1v) is 12.0. The van der Waals surface area contributed by atoms with Gasteiger partial charge < -0.3 is 9.47 Å². The fourth-order valence-electron chi connectivity index (χ4n) is 5.92. The molecule has 172 valence electrons. The summed E-state index contributed by atoms with van der Waals surface area (Å²) in [5.41, 5.74) is 3.39. The molecule has 4 fully saturated rings. The number of methoxy groups -OCH3 is 1. The molecule has 3 saturated heterocycles. The van der Waals surface area contributed by atoms with Gasteiger partial charge in [-0.3, -0.25) is 14.9 Å². The fourth-order valence-corrected chi connectivity index (χ4v) is 5.92. The third-order valence-corrected chi connectivity index (χ3v) is 7.71. The van der Waals surface area contributed by atoms with Gasteiger partial charge in [-0.2, -0.15) is 5.10 Å². The number of carbonyl (C=O) groups excluding carboxylic acids is 1. The maximum atomic E-state index is 12.3. The number of anilines is 1. The number of ether oxygens (including phenoxy) is 2. The first-order valence-electron chi connectivity index (χ1n) is 12.0. The number of carbonyl (C=O) groups is 1. The summed E-state index contributed by atoms with van der Waals surface area (Å²) in [6, 6.07) is 9.94. The van der Waals surface area contributed by atoms with E-state index in [1.807, 2.05) is 24.3 Å². The van der Waals surface area contributed by atoms with Crippen molar-refractivity contribution in [3.8, 4) is 5.75 Å². The molecular weight excluding hydrogens is 404 g/mol. The molecule has 7 nitrogen and oxygen atoms in total. The molecule has 3 aliphatic heterocycles. The first kappa shape index (κ1) is 21.3. The van der Waals surface area contributed by atoms with E-state index in [1.165, 1.54) is 43.5 Å². The van der Waals surface area contributed by atoms with Gasteiger partial charge in [-0.05, 0) is 68.5 Å². The first-order chi connectivity index (χ1) is 15.6. The summed E-state index contributed by atoms with van der Waals surface area (Å²) in [5.74, 6) is 2.57. The zero-order chi connectivity index (χ0) is 22.1. The highest BCUT2D eigenvalue weighted by Gasteiger charge is 2.42. The van der Waals surface area contributed by atoms with Crippen LogP contribution in [0.25, 0.3) is 0 Å². The summed E-state index contributed by atoms with van der Waals surface area (Å²) in [6.07, 6.45) is 7.13. The van der Waals surface area contributed by atoms with Gasteiger partial charge in [0.15, 0.2) is 0 Å². The number of amides is 1. The topological polar surface area (TPSA) is 68.6 Å². The number of hydrogen-bond acceptors (Lipinski definition) is 5. The van der Waals surface area contributed by atoms with Crippen molar-refractivity contribution in [3.63, 3.8) is 0 Å². The highest BCUT2D eigenvalue weighted by molar-refractivity contribution is 5.84. The van der Waals surface area contributed by atoms with Crippen LogP contribution in [0.2, 0.25) is 0 Å². The lowest BCUT2D eigenvalue weighted by Gasteiger charge is -2.49. The van der Waals surface area contributed by atoms with Crippen molar-refractivity contribution in [2.45, 2.75) is 56.4 Å². The monoisotopic (exact) mass is 438 g/mol. The Hall–Kier alpha value is -2.54. The van der Waals surface area contributed by atoms with Gasteiger partial charge >= 0.3 is 6.09 Å². The molecule has 2 aromatic rings. The molecule has 4 atom stereocenters. The predicted molar refractivity (Wildman–Crippen MR) is 123 cm³/mol. The molecule has 1 saturated carbocycles. The average molecular weight is 439 g/mol. The van der Waals surface area contributed by atoms with Crippen molar-refractivity contribution in [1.29, 1.82) is 0 Å². The summed E-state index contributed by atoms with van der Waals surface area (Å²) in [7, 11) is 3.73. The number of nitrogens with zero attached hydrogens (tertiary/aromatic N) is 3. The lowest BCUT2D eigenvalue weighted by molar-refractivity contribution is -0.00222. The number of aromatic nitrogens is 2. The van der Waals surface area contributed by atoms with Gasteiger partial charge in [0.2, 0.25) is 0 Å². The molecule has 4 heterocycles. The Bertz CT molecular complexity index is 935. The second-order valence-corrected chi connectivity index (χ2v) is 9.59. The van der Waals surface area contributed by atoms with Crippen molar-refractivity contribution in [2.24, 2.45) is 13.0 Å². The summed E-state index contributed by atoms with van der Waals surface area (Å²) in [6.45, 7) is 2.55. The predicted octanol–water partition coefficient (Wildman–Crippen LogP) is 4.51. The van der Waals surface area contributed by atoms with E-state index < -0.39 is 6.09 Å². The number of fused-ring (bicyclic) bond motifs is 3. The minimum atomic E-state index is -0.401. The minimum absolute atomic E-state index is 0.300. The Labute approximate surface area is 190 Å². The lowest BCUT2D eigenvalue weighted by Crippen LogP contribution is -2.54. The number of piperidine rings is 3. The van der Waals surface area contributed by atoms with Crippen LogP contribution < -0.4 is 10.1 Å². The van der Waals surface area contributed by atoms with Crippen molar-refractivity contribution in [2.75, 3.05) is 32.1 Å². The Morgan fingerprint density at radius 2 is 1.97 bits per heavy atom. The summed E-state index contributed by atoms with van der Waals surface area (Å²) in [5, 5.41) is 7.69. The SMILES string of the molecule is COc1ccc(NC(=O)OC[C@H]2C[C@@H]3CCN2C[C@H]3c2cc(C3CCCC3)nn2C)cc1. The van der Waals surface area contributed by atoms with Gasteiger partial charge in [0, 0.05) is 42.9 Å². The van der Waals surface area contributed by atoms with E-state index in [1.54, 1.807) is 7.11 Å². The van der Waals surface area contributed by atoms with Crippen LogP contribution in [0, 0.1) is 5.92 Å². The minimum Gasteiger partial charge on any atom is -0.497 e. The molecule has 1 amide bonds. The molecule has 0 radical (unpaired) electrons. The maximum Gasteiger partial charge on any atom is 0.411 e. The molecule has 32 heavy (non-hydrogen) atoms. The van der Waals surface area contributed by atoms with Crippen LogP contribution in [0.3, 0.4) is 0 Å². The standard InChI is InChI=1S/C25H34N4O3/c1-28-24(14-23(27-28)17-5-3-4-6-17)22-15-29-12-11-18(22)13-20(29)16-32-25(30)26-19-7-9-21(31-2)10-8-19/h7-10,14,17-18,20,22H,3-6,11-13,15-16H2,1-2H3,(H,26,30)/t18-,20+,22+/m0/s1. The van der Waals surface area contributed by atoms with Gasteiger partial charge in [0.05, 0.1) is 12.8 Å². The third-order valence-electron chi connectivity index (χ3n) is 7.71. The molecule has 6 rings (SSSR count). The molecular formula is C25H34N4O3. The van der Waals surface area contributed by atoms with Gasteiger partial charge in [-0.25, -0.2) is 4.79 Å². The molecule has 1 aromatic heterocycles. The Kier molecular flexibility index (Phi) is 6.09. The van der Waals surface area contributed by atoms with Crippen LogP contribution in [-0.4, -0.2) is 53.6 Å². The van der Waals surface area contributed by atoms with E-state index in [0.717, 1.165) is 25.3 Å². The second-order valence-electron chi connectivity index (χ2n) is 9.59. The van der Waals surface area contributed by atoms with E-state index >= 15 is 0 Å². The number of rotatable bonds is 6. The van der Waals surface area contributed by atoms with E-state index in [-0.39, 0.29) is 0 Å². The second kappa shape index (κ2) is 9.14. The van der Waals surface area contributed by atoms with Crippen molar-refractivity contribution >= 4 is 11.8 Å². The normalized spacial score (nSPS) is 27.4. The van der Waals surface area contributed by atoms with E-state index in [4.69, 9.17) is 14.6 Å². The Morgan fingerprint density at radius 3 is 2.66 bits per heavy atom. The van der Waals surface area contributed by atoms with E-state index in [2.05, 4.69) is 28.0 Å². The zero-order valence-electron chi connectivity index (χ0n) is 19.1. The van der Waals surface area contributed by atoms with Gasteiger partial charge in [0.25, 0.3) is 0 Å². The molecule has 1 aliphatic carbocycles. The molecule has 0 spiro atoms. The van der Waals surface area contributed by atoms with Gasteiger partial charge in [-0.15, -0.1) is 0 Å². The molecule has 1 unspecified atom stereocenters. The summed E-state index contributed by atoms with van der Waals surface area (Å²) < 4.78 is 12.9. The number of benzene rings is 1. The fraction of sp³-hybridized carbons (Fsp3) is 0.600. The quantitative estimate of drug-likeness (QED) is 0.719. The van der Waals surface area contributed by atoms with E-state index in [9.17, 15) is 4.79 Å². The molecule has 2 bridgehead atoms. The average Bonchev–Trinajstić information content (AvgIpc) is 3.48.